The second-order valence-corrected chi connectivity index (χ2v) is 16.5. The molecule has 0 aliphatic heterocycles. The van der Waals surface area contributed by atoms with Crippen LogP contribution in [-0.4, -0.2) is 19.3 Å². The molecule has 0 saturated heterocycles. The molecule has 6 aromatic rings. The molecule has 3 heterocycles. The number of ether oxygens (including phenoxy) is 1. The molecule has 3 aromatic heterocycles. The quantitative estimate of drug-likeness (QED) is 0.102. The summed E-state index contributed by atoms with van der Waals surface area (Å²) in [7, 11) is 0. The van der Waals surface area contributed by atoms with Gasteiger partial charge in [-0.3, -0.25) is 4.68 Å². The Hall–Kier alpha value is -3.95. The summed E-state index contributed by atoms with van der Waals surface area (Å²) in [6.07, 6.45) is 10.9. The standard InChI is InChI=1S/C47H54N4O.Pt/c1-10-14-34-23-24-48-44(25-34)50-41-18-12-11-17-39(41)40-21-20-37(29-43(40)50)52-38-27-35(47(7,8)9)26-36(28-38)51-42(22-19-30(2)3)46(33(6)49-51)45-31(4)15-13-16-32(45)5;/h11-12,15,17-18,20-21,23-27,30,32,45H,10,13-14,16,19,22H2,1-9H3;/q-2;+2/t32-,45?;/m0./s1. The summed E-state index contributed by atoms with van der Waals surface area (Å²) in [6, 6.07) is 28.7. The van der Waals surface area contributed by atoms with E-state index in [0.29, 0.717) is 29.3 Å². The van der Waals surface area contributed by atoms with Crippen molar-refractivity contribution in [3.8, 4) is 23.0 Å². The van der Waals surface area contributed by atoms with Gasteiger partial charge in [-0.1, -0.05) is 90.3 Å². The van der Waals surface area contributed by atoms with E-state index in [9.17, 15) is 0 Å². The normalized spacial score (nSPS) is 16.3. The fraction of sp³-hybridized carbons (Fsp3) is 0.404. The predicted molar refractivity (Wildman–Crippen MR) is 215 cm³/mol. The Bertz CT molecular complexity index is 2270. The zero-order chi connectivity index (χ0) is 36.7. The van der Waals surface area contributed by atoms with Crippen molar-refractivity contribution in [2.24, 2.45) is 11.8 Å². The molecule has 0 bridgehead atoms. The molecule has 53 heavy (non-hydrogen) atoms. The Balaban J connectivity index is 0.00000481. The van der Waals surface area contributed by atoms with E-state index in [4.69, 9.17) is 14.8 Å². The van der Waals surface area contributed by atoms with Gasteiger partial charge in [-0.05, 0) is 98.0 Å². The number of fused-ring (bicyclic) bond motifs is 3. The molecule has 0 saturated carbocycles. The number of nitrogens with zero attached hydrogens (tertiary/aromatic N) is 4. The van der Waals surface area contributed by atoms with Gasteiger partial charge in [0.05, 0.1) is 5.69 Å². The Labute approximate surface area is 331 Å². The molecule has 1 unspecified atom stereocenters. The van der Waals surface area contributed by atoms with Crippen molar-refractivity contribution in [3.63, 3.8) is 0 Å². The molecule has 0 radical (unpaired) electrons. The molecular weight excluding hydrogens is 832 g/mol. The van der Waals surface area contributed by atoms with Gasteiger partial charge >= 0.3 is 21.1 Å². The molecule has 6 heteroatoms. The zero-order valence-corrected chi connectivity index (χ0v) is 35.2. The van der Waals surface area contributed by atoms with Crippen LogP contribution in [0.25, 0.3) is 33.3 Å². The van der Waals surface area contributed by atoms with Crippen molar-refractivity contribution < 1.29 is 25.8 Å². The van der Waals surface area contributed by atoms with Crippen LogP contribution in [0, 0.1) is 30.9 Å². The maximum atomic E-state index is 6.76. The van der Waals surface area contributed by atoms with Crippen LogP contribution in [0.2, 0.25) is 0 Å². The average molecular weight is 886 g/mol. The topological polar surface area (TPSA) is 44.9 Å². The number of allylic oxidation sites excluding steroid dienone is 2. The predicted octanol–water partition coefficient (Wildman–Crippen LogP) is 12.4. The largest absolute Gasteiger partial charge is 2.00 e. The van der Waals surface area contributed by atoms with Gasteiger partial charge in [0.15, 0.2) is 0 Å². The van der Waals surface area contributed by atoms with Crippen molar-refractivity contribution in [3.05, 3.63) is 119 Å². The van der Waals surface area contributed by atoms with Crippen LogP contribution in [0.4, 0.5) is 0 Å². The van der Waals surface area contributed by atoms with Crippen molar-refractivity contribution in [2.45, 2.75) is 112 Å². The smallest absolute Gasteiger partial charge is 0.509 e. The van der Waals surface area contributed by atoms with Crippen LogP contribution in [0.5, 0.6) is 11.5 Å². The van der Waals surface area contributed by atoms with Crippen LogP contribution >= 0.6 is 0 Å². The summed E-state index contributed by atoms with van der Waals surface area (Å²) in [6.45, 7) is 20.5. The maximum Gasteiger partial charge on any atom is 2.00 e. The van der Waals surface area contributed by atoms with Crippen molar-refractivity contribution in [2.75, 3.05) is 0 Å². The van der Waals surface area contributed by atoms with E-state index in [1.165, 1.54) is 39.8 Å². The van der Waals surface area contributed by atoms with Crippen molar-refractivity contribution >= 4 is 21.8 Å². The van der Waals surface area contributed by atoms with Gasteiger partial charge < -0.3 is 9.30 Å². The molecule has 0 spiro atoms. The van der Waals surface area contributed by atoms with Crippen LogP contribution in [-0.2, 0) is 39.3 Å². The van der Waals surface area contributed by atoms with Gasteiger partial charge in [0.2, 0.25) is 0 Å². The minimum Gasteiger partial charge on any atom is -0.509 e. The van der Waals surface area contributed by atoms with Crippen molar-refractivity contribution in [1.82, 2.24) is 19.3 Å². The Morgan fingerprint density at radius 3 is 2.47 bits per heavy atom. The van der Waals surface area contributed by atoms with E-state index >= 15 is 0 Å². The third kappa shape index (κ3) is 7.83. The second-order valence-electron chi connectivity index (χ2n) is 16.5. The average Bonchev–Trinajstić information content (AvgIpc) is 3.61. The molecule has 0 amide bonds. The van der Waals surface area contributed by atoms with E-state index in [1.807, 2.05) is 12.3 Å². The van der Waals surface area contributed by atoms with Crippen LogP contribution in [0.3, 0.4) is 0 Å². The molecule has 278 valence electrons. The minimum absolute atomic E-state index is 0. The van der Waals surface area contributed by atoms with E-state index in [1.54, 1.807) is 0 Å². The maximum absolute atomic E-state index is 6.76. The van der Waals surface area contributed by atoms with Crippen molar-refractivity contribution in [1.29, 1.82) is 0 Å². The van der Waals surface area contributed by atoms with Gasteiger partial charge in [-0.25, -0.2) is 4.98 Å². The summed E-state index contributed by atoms with van der Waals surface area (Å²) in [5, 5.41) is 7.58. The third-order valence-electron chi connectivity index (χ3n) is 10.9. The van der Waals surface area contributed by atoms with E-state index in [2.05, 4.69) is 144 Å². The number of rotatable bonds is 10. The number of para-hydroxylation sites is 1. The number of pyridine rings is 1. The van der Waals surface area contributed by atoms with Crippen LogP contribution in [0.15, 0.2) is 78.5 Å². The van der Waals surface area contributed by atoms with Crippen LogP contribution in [0.1, 0.15) is 115 Å². The molecule has 0 fully saturated rings. The third-order valence-corrected chi connectivity index (χ3v) is 10.9. The fourth-order valence-electron chi connectivity index (χ4n) is 8.13. The SMILES string of the molecule is CCCc1ccnc(-n2c3[c-]c(Oc4[c-]c(-n5nc(C)c(C6C(C)=CCC[C@@H]6C)c5CCC(C)C)cc(C(C)(C)C)c4)ccc3c3ccccc32)c1.[Pt+2]. The number of hydrogen-bond donors (Lipinski definition) is 0. The molecule has 5 nitrogen and oxygen atoms in total. The summed E-state index contributed by atoms with van der Waals surface area (Å²) in [5.41, 5.74) is 10.6. The molecule has 1 aliphatic carbocycles. The Morgan fingerprint density at radius 1 is 0.943 bits per heavy atom. The summed E-state index contributed by atoms with van der Waals surface area (Å²) < 4.78 is 11.2. The Kier molecular flexibility index (Phi) is 11.6. The summed E-state index contributed by atoms with van der Waals surface area (Å²) in [5.74, 6) is 3.75. The number of aryl methyl sites for hydroxylation is 2. The first-order valence-electron chi connectivity index (χ1n) is 19.3. The zero-order valence-electron chi connectivity index (χ0n) is 32.9. The van der Waals surface area contributed by atoms with Gasteiger partial charge in [-0.2, -0.15) is 11.2 Å². The first-order valence-corrected chi connectivity index (χ1v) is 19.3. The van der Waals surface area contributed by atoms with E-state index in [0.717, 1.165) is 65.7 Å². The first-order chi connectivity index (χ1) is 24.9. The monoisotopic (exact) mass is 885 g/mol. The fourth-order valence-corrected chi connectivity index (χ4v) is 8.13. The second kappa shape index (κ2) is 15.8. The number of aromatic nitrogens is 4. The van der Waals surface area contributed by atoms with Gasteiger partial charge in [0.1, 0.15) is 5.82 Å². The number of benzene rings is 3. The van der Waals surface area contributed by atoms with Gasteiger partial charge in [0.25, 0.3) is 0 Å². The summed E-state index contributed by atoms with van der Waals surface area (Å²) >= 11 is 0. The minimum atomic E-state index is -0.114. The molecule has 2 atom stereocenters. The molecule has 3 aromatic carbocycles. The first kappa shape index (κ1) is 38.8. The van der Waals surface area contributed by atoms with E-state index in [-0.39, 0.29) is 26.5 Å². The summed E-state index contributed by atoms with van der Waals surface area (Å²) in [4.78, 5) is 4.83. The van der Waals surface area contributed by atoms with Crippen LogP contribution < -0.4 is 4.74 Å². The number of hydrogen-bond acceptors (Lipinski definition) is 3. The van der Waals surface area contributed by atoms with Gasteiger partial charge in [-0.15, -0.1) is 41.3 Å². The molecule has 7 rings (SSSR count). The molecule has 0 N–H and O–H groups in total. The van der Waals surface area contributed by atoms with E-state index < -0.39 is 0 Å². The Morgan fingerprint density at radius 2 is 1.74 bits per heavy atom. The molecule has 1 aliphatic rings. The molecular formula is C47H54N4OPt. The van der Waals surface area contributed by atoms with Gasteiger partial charge in [0, 0.05) is 40.4 Å².